The maximum atomic E-state index is 13.6. The number of rotatable bonds is 6. The van der Waals surface area contributed by atoms with Crippen molar-refractivity contribution in [3.8, 4) is 11.5 Å². The first-order valence-corrected chi connectivity index (χ1v) is 6.48. The standard InChI is InChI=1S/C15H14ClFO2/c16-11-12-6-7-15(14(17)10-12)19-9-8-18-13-4-2-1-3-5-13/h1-7,10H,8-9,11H2. The molecule has 0 saturated heterocycles. The van der Waals surface area contributed by atoms with Crippen LogP contribution in [-0.4, -0.2) is 13.2 Å². The summed E-state index contributed by atoms with van der Waals surface area (Å²) in [5.41, 5.74) is 0.729. The van der Waals surface area contributed by atoms with Gasteiger partial charge in [-0.3, -0.25) is 0 Å². The molecule has 2 rings (SSSR count). The summed E-state index contributed by atoms with van der Waals surface area (Å²) in [6.45, 7) is 0.646. The van der Waals surface area contributed by atoms with Crippen molar-refractivity contribution in [3.05, 3.63) is 59.9 Å². The van der Waals surface area contributed by atoms with Crippen molar-refractivity contribution < 1.29 is 13.9 Å². The zero-order valence-corrected chi connectivity index (χ0v) is 11.1. The van der Waals surface area contributed by atoms with E-state index in [1.165, 1.54) is 6.07 Å². The van der Waals surface area contributed by atoms with Crippen LogP contribution in [0.2, 0.25) is 0 Å². The zero-order chi connectivity index (χ0) is 13.5. The van der Waals surface area contributed by atoms with Gasteiger partial charge in [-0.25, -0.2) is 4.39 Å². The van der Waals surface area contributed by atoms with Gasteiger partial charge in [-0.2, -0.15) is 0 Å². The fraction of sp³-hybridized carbons (Fsp3) is 0.200. The van der Waals surface area contributed by atoms with E-state index in [-0.39, 0.29) is 18.2 Å². The number of benzene rings is 2. The van der Waals surface area contributed by atoms with E-state index in [4.69, 9.17) is 21.1 Å². The van der Waals surface area contributed by atoms with E-state index < -0.39 is 5.82 Å². The van der Waals surface area contributed by atoms with Gasteiger partial charge in [0.05, 0.1) is 0 Å². The summed E-state index contributed by atoms with van der Waals surface area (Å²) in [7, 11) is 0. The molecule has 0 aliphatic heterocycles. The smallest absolute Gasteiger partial charge is 0.165 e. The molecule has 4 heteroatoms. The molecular formula is C15H14ClFO2. The average Bonchev–Trinajstić information content (AvgIpc) is 2.46. The average molecular weight is 281 g/mol. The molecule has 0 spiro atoms. The van der Waals surface area contributed by atoms with Crippen LogP contribution in [0.4, 0.5) is 4.39 Å². The summed E-state index contributed by atoms with van der Waals surface area (Å²) in [5, 5.41) is 0. The minimum atomic E-state index is -0.405. The Morgan fingerprint density at radius 2 is 1.68 bits per heavy atom. The highest BCUT2D eigenvalue weighted by Crippen LogP contribution is 2.19. The first kappa shape index (κ1) is 13.7. The van der Waals surface area contributed by atoms with Gasteiger partial charge < -0.3 is 9.47 Å². The number of halogens is 2. The highest BCUT2D eigenvalue weighted by molar-refractivity contribution is 6.17. The minimum absolute atomic E-state index is 0.213. The molecule has 0 N–H and O–H groups in total. The van der Waals surface area contributed by atoms with Crippen LogP contribution in [0.25, 0.3) is 0 Å². The van der Waals surface area contributed by atoms with Gasteiger partial charge in [0.25, 0.3) is 0 Å². The van der Waals surface area contributed by atoms with Crippen LogP contribution in [-0.2, 0) is 5.88 Å². The monoisotopic (exact) mass is 280 g/mol. The summed E-state index contributed by atoms with van der Waals surface area (Å²) >= 11 is 5.62. The molecule has 0 amide bonds. The Hall–Kier alpha value is -1.74. The maximum Gasteiger partial charge on any atom is 0.165 e. The molecule has 0 aliphatic carbocycles. The summed E-state index contributed by atoms with van der Waals surface area (Å²) in [4.78, 5) is 0. The van der Waals surface area contributed by atoms with Gasteiger partial charge in [-0.1, -0.05) is 24.3 Å². The molecule has 2 aromatic rings. The maximum absolute atomic E-state index is 13.6. The predicted molar refractivity (Wildman–Crippen MR) is 73.4 cm³/mol. The topological polar surface area (TPSA) is 18.5 Å². The molecule has 0 unspecified atom stereocenters. The van der Waals surface area contributed by atoms with Crippen LogP contribution in [0.5, 0.6) is 11.5 Å². The highest BCUT2D eigenvalue weighted by atomic mass is 35.5. The third-order valence-corrected chi connectivity index (χ3v) is 2.81. The van der Waals surface area contributed by atoms with Crippen molar-refractivity contribution in [2.75, 3.05) is 13.2 Å². The van der Waals surface area contributed by atoms with Gasteiger partial charge in [0.2, 0.25) is 0 Å². The molecule has 0 saturated carbocycles. The number of ether oxygens (including phenoxy) is 2. The van der Waals surface area contributed by atoms with Gasteiger partial charge >= 0.3 is 0 Å². The van der Waals surface area contributed by atoms with Gasteiger partial charge in [-0.15, -0.1) is 11.6 Å². The Balaban J connectivity index is 1.80. The third-order valence-electron chi connectivity index (χ3n) is 2.50. The van der Waals surface area contributed by atoms with E-state index in [9.17, 15) is 4.39 Å². The molecule has 0 heterocycles. The number of hydrogen-bond donors (Lipinski definition) is 0. The number of hydrogen-bond acceptors (Lipinski definition) is 2. The minimum Gasteiger partial charge on any atom is -0.490 e. The third kappa shape index (κ3) is 4.14. The molecule has 100 valence electrons. The molecule has 2 nitrogen and oxygen atoms in total. The SMILES string of the molecule is Fc1cc(CCl)ccc1OCCOc1ccccc1. The van der Waals surface area contributed by atoms with Crippen molar-refractivity contribution in [3.63, 3.8) is 0 Å². The molecule has 19 heavy (non-hydrogen) atoms. The Labute approximate surface area is 116 Å². The Kier molecular flexibility index (Phi) is 5.04. The van der Waals surface area contributed by atoms with Crippen LogP contribution in [0.1, 0.15) is 5.56 Å². The lowest BCUT2D eigenvalue weighted by atomic mass is 10.2. The van der Waals surface area contributed by atoms with Crippen molar-refractivity contribution in [1.82, 2.24) is 0 Å². The van der Waals surface area contributed by atoms with Crippen LogP contribution >= 0.6 is 11.6 Å². The van der Waals surface area contributed by atoms with Crippen molar-refractivity contribution in [2.24, 2.45) is 0 Å². The van der Waals surface area contributed by atoms with Crippen molar-refractivity contribution in [2.45, 2.75) is 5.88 Å². The summed E-state index contributed by atoms with van der Waals surface area (Å²) in [5.74, 6) is 0.862. The van der Waals surface area contributed by atoms with Crippen molar-refractivity contribution >= 4 is 11.6 Å². The van der Waals surface area contributed by atoms with E-state index in [2.05, 4.69) is 0 Å². The Bertz CT molecular complexity index is 517. The largest absolute Gasteiger partial charge is 0.490 e. The van der Waals surface area contributed by atoms with E-state index in [0.717, 1.165) is 11.3 Å². The normalized spacial score (nSPS) is 10.2. The molecule has 0 bridgehead atoms. The molecule has 2 aromatic carbocycles. The second-order valence-electron chi connectivity index (χ2n) is 3.91. The molecule has 0 atom stereocenters. The second-order valence-corrected chi connectivity index (χ2v) is 4.18. The lowest BCUT2D eigenvalue weighted by Gasteiger charge is -2.09. The molecule has 0 aliphatic rings. The van der Waals surface area contributed by atoms with Gasteiger partial charge in [-0.05, 0) is 29.8 Å². The lowest BCUT2D eigenvalue weighted by Crippen LogP contribution is -2.09. The number of para-hydroxylation sites is 1. The molecular weight excluding hydrogens is 267 g/mol. The first-order chi connectivity index (χ1) is 9.29. The van der Waals surface area contributed by atoms with E-state index in [0.29, 0.717) is 6.61 Å². The van der Waals surface area contributed by atoms with Crippen LogP contribution < -0.4 is 9.47 Å². The van der Waals surface area contributed by atoms with Gasteiger partial charge in [0, 0.05) is 5.88 Å². The molecule has 0 radical (unpaired) electrons. The first-order valence-electron chi connectivity index (χ1n) is 5.94. The summed E-state index contributed by atoms with van der Waals surface area (Å²) < 4.78 is 24.3. The Morgan fingerprint density at radius 1 is 0.947 bits per heavy atom. The van der Waals surface area contributed by atoms with Crippen LogP contribution in [0.15, 0.2) is 48.5 Å². The van der Waals surface area contributed by atoms with Crippen LogP contribution in [0, 0.1) is 5.82 Å². The van der Waals surface area contributed by atoms with Gasteiger partial charge in [0.1, 0.15) is 19.0 Å². The predicted octanol–water partition coefficient (Wildman–Crippen LogP) is 4.02. The lowest BCUT2D eigenvalue weighted by molar-refractivity contribution is 0.211. The summed E-state index contributed by atoms with van der Waals surface area (Å²) in [6, 6.07) is 14.1. The molecule has 0 fully saturated rings. The quantitative estimate of drug-likeness (QED) is 0.588. The zero-order valence-electron chi connectivity index (χ0n) is 10.3. The summed E-state index contributed by atoms with van der Waals surface area (Å²) in [6.07, 6.45) is 0. The fourth-order valence-electron chi connectivity index (χ4n) is 1.57. The molecule has 0 aromatic heterocycles. The van der Waals surface area contributed by atoms with E-state index >= 15 is 0 Å². The fourth-order valence-corrected chi connectivity index (χ4v) is 1.74. The second kappa shape index (κ2) is 7.00. The number of alkyl halides is 1. The van der Waals surface area contributed by atoms with Crippen LogP contribution in [0.3, 0.4) is 0 Å². The van der Waals surface area contributed by atoms with E-state index in [1.54, 1.807) is 12.1 Å². The van der Waals surface area contributed by atoms with Crippen molar-refractivity contribution in [1.29, 1.82) is 0 Å². The Morgan fingerprint density at radius 3 is 2.37 bits per heavy atom. The van der Waals surface area contributed by atoms with E-state index in [1.807, 2.05) is 30.3 Å². The highest BCUT2D eigenvalue weighted by Gasteiger charge is 2.04. The van der Waals surface area contributed by atoms with Gasteiger partial charge in [0.15, 0.2) is 11.6 Å².